The smallest absolute Gasteiger partial charge is 0.0632 e. The van der Waals surface area contributed by atoms with Crippen LogP contribution in [0, 0.1) is 5.41 Å². The Morgan fingerprint density at radius 2 is 2.33 bits per heavy atom. The molecule has 4 heteroatoms. The van der Waals surface area contributed by atoms with Gasteiger partial charge in [0.05, 0.1) is 10.7 Å². The molecule has 0 aliphatic rings. The first-order valence-electron chi connectivity index (χ1n) is 3.82. The normalized spacial score (nSPS) is 12.0. The Labute approximate surface area is 80.5 Å². The van der Waals surface area contributed by atoms with Crippen molar-refractivity contribution < 1.29 is 5.11 Å². The van der Waals surface area contributed by atoms with Gasteiger partial charge in [0.1, 0.15) is 0 Å². The SMILES string of the molecule is CC(C)(CO)Cn1cc(Br)cn1. The minimum atomic E-state index is -0.106. The second-order valence-electron chi connectivity index (χ2n) is 3.68. The molecular weight excluding hydrogens is 220 g/mol. The Balaban J connectivity index is 2.63. The van der Waals surface area contributed by atoms with Crippen molar-refractivity contribution in [3.05, 3.63) is 16.9 Å². The molecule has 0 spiro atoms. The molecule has 0 atom stereocenters. The zero-order chi connectivity index (χ0) is 9.19. The van der Waals surface area contributed by atoms with Crippen LogP contribution in [0.2, 0.25) is 0 Å². The van der Waals surface area contributed by atoms with E-state index in [-0.39, 0.29) is 12.0 Å². The Morgan fingerprint density at radius 3 is 2.75 bits per heavy atom. The van der Waals surface area contributed by atoms with Crippen LogP contribution in [0.3, 0.4) is 0 Å². The summed E-state index contributed by atoms with van der Waals surface area (Å²) in [6, 6.07) is 0. The largest absolute Gasteiger partial charge is 0.396 e. The molecule has 0 radical (unpaired) electrons. The highest BCUT2D eigenvalue weighted by Crippen LogP contribution is 2.17. The Kier molecular flexibility index (Phi) is 2.90. The molecule has 0 aliphatic heterocycles. The molecule has 0 saturated heterocycles. The van der Waals surface area contributed by atoms with Crippen LogP contribution in [0.4, 0.5) is 0 Å². The molecule has 68 valence electrons. The summed E-state index contributed by atoms with van der Waals surface area (Å²) in [4.78, 5) is 0. The lowest BCUT2D eigenvalue weighted by molar-refractivity contribution is 0.136. The number of rotatable bonds is 3. The topological polar surface area (TPSA) is 38.0 Å². The van der Waals surface area contributed by atoms with E-state index in [1.165, 1.54) is 0 Å². The van der Waals surface area contributed by atoms with E-state index in [9.17, 15) is 0 Å². The number of halogens is 1. The molecule has 1 rings (SSSR count). The van der Waals surface area contributed by atoms with E-state index in [2.05, 4.69) is 21.0 Å². The number of hydrogen-bond acceptors (Lipinski definition) is 2. The van der Waals surface area contributed by atoms with Crippen LogP contribution in [0.15, 0.2) is 16.9 Å². The predicted molar refractivity (Wildman–Crippen MR) is 50.8 cm³/mol. The Bertz CT molecular complexity index is 257. The van der Waals surface area contributed by atoms with Crippen LogP contribution in [0.1, 0.15) is 13.8 Å². The maximum Gasteiger partial charge on any atom is 0.0632 e. The molecule has 0 amide bonds. The van der Waals surface area contributed by atoms with Crippen molar-refractivity contribution in [1.29, 1.82) is 0 Å². The first-order chi connectivity index (χ1) is 5.53. The maximum atomic E-state index is 9.01. The monoisotopic (exact) mass is 232 g/mol. The fraction of sp³-hybridized carbons (Fsp3) is 0.625. The minimum Gasteiger partial charge on any atom is -0.396 e. The van der Waals surface area contributed by atoms with Crippen molar-refractivity contribution in [1.82, 2.24) is 9.78 Å². The van der Waals surface area contributed by atoms with Crippen LogP contribution in [-0.4, -0.2) is 21.5 Å². The highest BCUT2D eigenvalue weighted by atomic mass is 79.9. The number of aliphatic hydroxyl groups is 1. The number of aromatic nitrogens is 2. The third-order valence-corrected chi connectivity index (χ3v) is 2.03. The quantitative estimate of drug-likeness (QED) is 0.862. The van der Waals surface area contributed by atoms with Gasteiger partial charge < -0.3 is 5.11 Å². The van der Waals surface area contributed by atoms with Gasteiger partial charge in [0.2, 0.25) is 0 Å². The summed E-state index contributed by atoms with van der Waals surface area (Å²) in [6.45, 7) is 4.91. The summed E-state index contributed by atoms with van der Waals surface area (Å²) in [6.07, 6.45) is 3.64. The van der Waals surface area contributed by atoms with E-state index in [1.807, 2.05) is 24.7 Å². The van der Waals surface area contributed by atoms with Crippen LogP contribution >= 0.6 is 15.9 Å². The zero-order valence-corrected chi connectivity index (χ0v) is 8.87. The molecule has 0 aliphatic carbocycles. The van der Waals surface area contributed by atoms with Crippen LogP contribution in [0.5, 0.6) is 0 Å². The molecule has 0 unspecified atom stereocenters. The third-order valence-electron chi connectivity index (χ3n) is 1.62. The Hall–Kier alpha value is -0.350. The summed E-state index contributed by atoms with van der Waals surface area (Å²) in [5.74, 6) is 0. The number of aliphatic hydroxyl groups excluding tert-OH is 1. The van der Waals surface area contributed by atoms with Crippen LogP contribution in [0.25, 0.3) is 0 Å². The van der Waals surface area contributed by atoms with Crippen molar-refractivity contribution in [3.63, 3.8) is 0 Å². The first-order valence-corrected chi connectivity index (χ1v) is 4.62. The first kappa shape index (κ1) is 9.74. The molecule has 0 saturated carbocycles. The van der Waals surface area contributed by atoms with Gasteiger partial charge in [-0.05, 0) is 15.9 Å². The van der Waals surface area contributed by atoms with E-state index < -0.39 is 0 Å². The number of hydrogen-bond donors (Lipinski definition) is 1. The minimum absolute atomic E-state index is 0.106. The second-order valence-corrected chi connectivity index (χ2v) is 4.59. The molecule has 0 bridgehead atoms. The van der Waals surface area contributed by atoms with Gasteiger partial charge in [-0.2, -0.15) is 5.10 Å². The summed E-state index contributed by atoms with van der Waals surface area (Å²) in [5.41, 5.74) is -0.106. The highest BCUT2D eigenvalue weighted by Gasteiger charge is 2.17. The van der Waals surface area contributed by atoms with Gasteiger partial charge in [-0.25, -0.2) is 0 Å². The third kappa shape index (κ3) is 2.60. The van der Waals surface area contributed by atoms with E-state index in [0.29, 0.717) is 0 Å². The van der Waals surface area contributed by atoms with Gasteiger partial charge >= 0.3 is 0 Å². The maximum absolute atomic E-state index is 9.01. The van der Waals surface area contributed by atoms with E-state index in [4.69, 9.17) is 5.11 Å². The van der Waals surface area contributed by atoms with Gasteiger partial charge in [-0.3, -0.25) is 4.68 Å². The Morgan fingerprint density at radius 1 is 1.67 bits per heavy atom. The fourth-order valence-corrected chi connectivity index (χ4v) is 1.24. The molecule has 1 N–H and O–H groups in total. The predicted octanol–water partition coefficient (Wildman–Crippen LogP) is 1.66. The highest BCUT2D eigenvalue weighted by molar-refractivity contribution is 9.10. The van der Waals surface area contributed by atoms with Gasteiger partial charge in [0.25, 0.3) is 0 Å². The molecule has 1 aromatic heterocycles. The van der Waals surface area contributed by atoms with Crippen molar-refractivity contribution in [3.8, 4) is 0 Å². The standard InChI is InChI=1S/C8H13BrN2O/c1-8(2,6-12)5-11-4-7(9)3-10-11/h3-4,12H,5-6H2,1-2H3. The lowest BCUT2D eigenvalue weighted by Gasteiger charge is -2.20. The molecular formula is C8H13BrN2O. The zero-order valence-electron chi connectivity index (χ0n) is 7.29. The molecule has 1 aromatic rings. The molecule has 1 heterocycles. The van der Waals surface area contributed by atoms with Gasteiger partial charge in [0, 0.05) is 24.8 Å². The van der Waals surface area contributed by atoms with Crippen LogP contribution < -0.4 is 0 Å². The van der Waals surface area contributed by atoms with E-state index in [0.717, 1.165) is 11.0 Å². The molecule has 0 aromatic carbocycles. The van der Waals surface area contributed by atoms with Gasteiger partial charge in [-0.1, -0.05) is 13.8 Å². The lowest BCUT2D eigenvalue weighted by Crippen LogP contribution is -2.23. The van der Waals surface area contributed by atoms with Crippen molar-refractivity contribution in [2.75, 3.05) is 6.61 Å². The van der Waals surface area contributed by atoms with E-state index >= 15 is 0 Å². The van der Waals surface area contributed by atoms with Gasteiger partial charge in [-0.15, -0.1) is 0 Å². The number of nitrogens with zero attached hydrogens (tertiary/aromatic N) is 2. The van der Waals surface area contributed by atoms with Crippen LogP contribution in [-0.2, 0) is 6.54 Å². The summed E-state index contributed by atoms with van der Waals surface area (Å²) < 4.78 is 2.79. The molecule has 12 heavy (non-hydrogen) atoms. The van der Waals surface area contributed by atoms with Crippen molar-refractivity contribution in [2.45, 2.75) is 20.4 Å². The lowest BCUT2D eigenvalue weighted by atomic mass is 9.95. The summed E-state index contributed by atoms with van der Waals surface area (Å²) in [5, 5.41) is 13.1. The fourth-order valence-electron chi connectivity index (χ4n) is 0.913. The second kappa shape index (κ2) is 3.58. The van der Waals surface area contributed by atoms with Crippen molar-refractivity contribution >= 4 is 15.9 Å². The van der Waals surface area contributed by atoms with E-state index in [1.54, 1.807) is 6.20 Å². The summed E-state index contributed by atoms with van der Waals surface area (Å²) >= 11 is 3.32. The average Bonchev–Trinajstić information content (AvgIpc) is 2.35. The van der Waals surface area contributed by atoms with Gasteiger partial charge in [0.15, 0.2) is 0 Å². The van der Waals surface area contributed by atoms with Crippen molar-refractivity contribution in [2.24, 2.45) is 5.41 Å². The summed E-state index contributed by atoms with van der Waals surface area (Å²) in [7, 11) is 0. The molecule has 3 nitrogen and oxygen atoms in total. The molecule has 0 fully saturated rings. The average molecular weight is 233 g/mol.